The fraction of sp³-hybridized carbons (Fsp3) is 0.125. The molecule has 0 spiro atoms. The van der Waals surface area contributed by atoms with Crippen LogP contribution in [0.15, 0.2) is 53.6 Å². The van der Waals surface area contributed by atoms with Crippen LogP contribution in [-0.2, 0) is 4.79 Å². The lowest BCUT2D eigenvalue weighted by molar-refractivity contribution is -0.123. The molecule has 0 saturated heterocycles. The van der Waals surface area contributed by atoms with E-state index in [9.17, 15) is 4.79 Å². The van der Waals surface area contributed by atoms with Crippen LogP contribution in [0.1, 0.15) is 12.5 Å². The van der Waals surface area contributed by atoms with Gasteiger partial charge in [-0.2, -0.15) is 5.10 Å². The predicted octanol–water partition coefficient (Wildman–Crippen LogP) is 3.91. The number of nitrogens with zero attached hydrogens (tertiary/aromatic N) is 1. The van der Waals surface area contributed by atoms with Gasteiger partial charge in [-0.1, -0.05) is 47.5 Å². The lowest BCUT2D eigenvalue weighted by atomic mass is 10.1. The Labute approximate surface area is 138 Å². The summed E-state index contributed by atoms with van der Waals surface area (Å²) in [6, 6.07) is 14.1. The van der Waals surface area contributed by atoms with E-state index >= 15 is 0 Å². The highest BCUT2D eigenvalue weighted by molar-refractivity contribution is 6.32. The molecule has 2 aromatic carbocycles. The van der Waals surface area contributed by atoms with Crippen molar-refractivity contribution in [2.75, 3.05) is 6.61 Å². The van der Waals surface area contributed by atoms with Crippen LogP contribution in [0.4, 0.5) is 0 Å². The van der Waals surface area contributed by atoms with Crippen molar-refractivity contribution in [3.8, 4) is 5.75 Å². The Balaban J connectivity index is 1.88. The lowest BCUT2D eigenvalue weighted by Crippen LogP contribution is -2.25. The van der Waals surface area contributed by atoms with E-state index < -0.39 is 0 Å². The third-order valence-corrected chi connectivity index (χ3v) is 3.37. The fourth-order valence-corrected chi connectivity index (χ4v) is 1.96. The number of nitrogens with one attached hydrogen (secondary N) is 1. The van der Waals surface area contributed by atoms with Crippen molar-refractivity contribution in [1.29, 1.82) is 0 Å². The Kier molecular flexibility index (Phi) is 5.81. The second kappa shape index (κ2) is 7.82. The number of carbonyl (C=O) groups is 1. The Morgan fingerprint density at radius 2 is 1.82 bits per heavy atom. The average molecular weight is 337 g/mol. The van der Waals surface area contributed by atoms with Crippen LogP contribution >= 0.6 is 23.2 Å². The number of carbonyl (C=O) groups excluding carboxylic acids is 1. The quantitative estimate of drug-likeness (QED) is 0.664. The Bertz CT molecular complexity index is 685. The maximum atomic E-state index is 11.7. The summed E-state index contributed by atoms with van der Waals surface area (Å²) < 4.78 is 5.32. The van der Waals surface area contributed by atoms with Crippen LogP contribution in [0.25, 0.3) is 0 Å². The Morgan fingerprint density at radius 3 is 2.50 bits per heavy atom. The number of halogens is 2. The number of amides is 1. The molecule has 114 valence electrons. The molecule has 0 aliphatic carbocycles. The van der Waals surface area contributed by atoms with Gasteiger partial charge in [-0.15, -0.1) is 0 Å². The Hall–Kier alpha value is -2.04. The van der Waals surface area contributed by atoms with E-state index in [-0.39, 0.29) is 12.5 Å². The van der Waals surface area contributed by atoms with E-state index in [4.69, 9.17) is 27.9 Å². The van der Waals surface area contributed by atoms with E-state index in [2.05, 4.69) is 10.5 Å². The van der Waals surface area contributed by atoms with Crippen molar-refractivity contribution in [2.24, 2.45) is 5.10 Å². The molecule has 0 heterocycles. The summed E-state index contributed by atoms with van der Waals surface area (Å²) in [4.78, 5) is 11.7. The van der Waals surface area contributed by atoms with Gasteiger partial charge in [0, 0.05) is 5.02 Å². The highest BCUT2D eigenvalue weighted by atomic mass is 35.5. The van der Waals surface area contributed by atoms with E-state index in [0.29, 0.717) is 21.5 Å². The third kappa shape index (κ3) is 4.76. The van der Waals surface area contributed by atoms with Gasteiger partial charge in [0.05, 0.1) is 10.7 Å². The van der Waals surface area contributed by atoms with Crippen LogP contribution in [0.5, 0.6) is 5.75 Å². The van der Waals surface area contributed by atoms with Crippen molar-refractivity contribution >= 4 is 34.8 Å². The van der Waals surface area contributed by atoms with Gasteiger partial charge >= 0.3 is 0 Å². The maximum absolute atomic E-state index is 11.7. The maximum Gasteiger partial charge on any atom is 0.277 e. The normalized spacial score (nSPS) is 11.1. The molecule has 1 N–H and O–H groups in total. The number of benzene rings is 2. The zero-order chi connectivity index (χ0) is 15.9. The molecule has 0 aliphatic rings. The highest BCUT2D eigenvalue weighted by Crippen LogP contribution is 2.22. The molecule has 0 aliphatic heterocycles. The minimum atomic E-state index is -0.367. The second-order valence-corrected chi connectivity index (χ2v) is 5.30. The summed E-state index contributed by atoms with van der Waals surface area (Å²) in [7, 11) is 0. The number of rotatable bonds is 5. The monoisotopic (exact) mass is 336 g/mol. The first-order chi connectivity index (χ1) is 10.6. The van der Waals surface area contributed by atoms with Crippen LogP contribution in [0.3, 0.4) is 0 Å². The van der Waals surface area contributed by atoms with E-state index in [0.717, 1.165) is 5.56 Å². The van der Waals surface area contributed by atoms with Gasteiger partial charge in [-0.3, -0.25) is 4.79 Å². The van der Waals surface area contributed by atoms with Gasteiger partial charge in [0.15, 0.2) is 6.61 Å². The van der Waals surface area contributed by atoms with Crippen LogP contribution < -0.4 is 10.2 Å². The van der Waals surface area contributed by atoms with Crippen molar-refractivity contribution in [1.82, 2.24) is 5.43 Å². The van der Waals surface area contributed by atoms with Gasteiger partial charge in [-0.25, -0.2) is 5.43 Å². The van der Waals surface area contributed by atoms with Crippen LogP contribution in [-0.4, -0.2) is 18.2 Å². The molecule has 4 nitrogen and oxygen atoms in total. The number of hydrogen-bond donors (Lipinski definition) is 1. The smallest absolute Gasteiger partial charge is 0.277 e. The van der Waals surface area contributed by atoms with Gasteiger partial charge in [0.2, 0.25) is 0 Å². The first-order valence-corrected chi connectivity index (χ1v) is 7.28. The fourth-order valence-electron chi connectivity index (χ4n) is 1.64. The minimum Gasteiger partial charge on any atom is -0.482 e. The molecule has 6 heteroatoms. The summed E-state index contributed by atoms with van der Waals surface area (Å²) in [6.07, 6.45) is 0. The molecule has 22 heavy (non-hydrogen) atoms. The molecule has 2 rings (SSSR count). The molecule has 0 atom stereocenters. The molecule has 0 radical (unpaired) electrons. The van der Waals surface area contributed by atoms with E-state index in [1.807, 2.05) is 12.1 Å². The SMILES string of the molecule is CC(=NNC(=O)COc1ccccc1Cl)c1ccc(Cl)cc1. The second-order valence-electron chi connectivity index (χ2n) is 4.46. The standard InChI is InChI=1S/C16H14Cl2N2O2/c1-11(12-6-8-13(17)9-7-12)19-20-16(21)10-22-15-5-3-2-4-14(15)18/h2-9H,10H2,1H3,(H,20,21). The van der Waals surface area contributed by atoms with Crippen molar-refractivity contribution in [2.45, 2.75) is 6.92 Å². The number of ether oxygens (including phenoxy) is 1. The van der Waals surface area contributed by atoms with Crippen molar-refractivity contribution in [3.63, 3.8) is 0 Å². The number of para-hydroxylation sites is 1. The molecule has 0 aromatic heterocycles. The molecule has 0 fully saturated rings. The van der Waals surface area contributed by atoms with Gasteiger partial charge in [-0.05, 0) is 36.8 Å². The zero-order valence-corrected chi connectivity index (χ0v) is 13.4. The summed E-state index contributed by atoms with van der Waals surface area (Å²) in [5.41, 5.74) is 3.97. The molecule has 0 saturated carbocycles. The number of hydrogen-bond acceptors (Lipinski definition) is 3. The summed E-state index contributed by atoms with van der Waals surface area (Å²) in [5.74, 6) is 0.0888. The molecule has 2 aromatic rings. The van der Waals surface area contributed by atoms with E-state index in [1.165, 1.54) is 0 Å². The molecular formula is C16H14Cl2N2O2. The third-order valence-electron chi connectivity index (χ3n) is 2.81. The molecular weight excluding hydrogens is 323 g/mol. The van der Waals surface area contributed by atoms with Crippen LogP contribution in [0, 0.1) is 0 Å². The first kappa shape index (κ1) is 16.3. The molecule has 0 unspecified atom stereocenters. The van der Waals surface area contributed by atoms with Crippen molar-refractivity contribution in [3.05, 3.63) is 64.1 Å². The summed E-state index contributed by atoms with van der Waals surface area (Å²) in [6.45, 7) is 1.62. The largest absolute Gasteiger partial charge is 0.482 e. The highest BCUT2D eigenvalue weighted by Gasteiger charge is 2.05. The topological polar surface area (TPSA) is 50.7 Å². The lowest BCUT2D eigenvalue weighted by Gasteiger charge is -2.07. The van der Waals surface area contributed by atoms with Crippen LogP contribution in [0.2, 0.25) is 10.0 Å². The Morgan fingerprint density at radius 1 is 1.14 bits per heavy atom. The first-order valence-electron chi connectivity index (χ1n) is 6.52. The average Bonchev–Trinajstić information content (AvgIpc) is 2.52. The zero-order valence-electron chi connectivity index (χ0n) is 11.8. The number of hydrazone groups is 1. The van der Waals surface area contributed by atoms with E-state index in [1.54, 1.807) is 43.3 Å². The van der Waals surface area contributed by atoms with Gasteiger partial charge < -0.3 is 4.74 Å². The molecule has 0 bridgehead atoms. The summed E-state index contributed by atoms with van der Waals surface area (Å²) in [5, 5.41) is 5.12. The van der Waals surface area contributed by atoms with Crippen molar-refractivity contribution < 1.29 is 9.53 Å². The summed E-state index contributed by atoms with van der Waals surface area (Å²) >= 11 is 11.8. The van der Waals surface area contributed by atoms with Gasteiger partial charge in [0.25, 0.3) is 5.91 Å². The minimum absolute atomic E-state index is 0.166. The predicted molar refractivity (Wildman–Crippen MR) is 88.8 cm³/mol. The van der Waals surface area contributed by atoms with Gasteiger partial charge in [0.1, 0.15) is 5.75 Å². The molecule has 1 amide bonds.